The number of carbonyl (C=O) groups is 1. The molecule has 0 bridgehead atoms. The molecule has 0 spiro atoms. The molecule has 0 unspecified atom stereocenters. The monoisotopic (exact) mass is 512 g/mol. The van der Waals surface area contributed by atoms with Crippen molar-refractivity contribution in [3.8, 4) is 11.5 Å². The van der Waals surface area contributed by atoms with Crippen LogP contribution in [0, 0.1) is 26.6 Å². The van der Waals surface area contributed by atoms with E-state index >= 15 is 0 Å². The van der Waals surface area contributed by atoms with Gasteiger partial charge in [-0.25, -0.2) is 12.8 Å². The summed E-state index contributed by atoms with van der Waals surface area (Å²) in [7, 11) is -4.20. The summed E-state index contributed by atoms with van der Waals surface area (Å²) in [6.07, 6.45) is 0. The van der Waals surface area contributed by atoms with Crippen LogP contribution >= 0.6 is 0 Å². The highest BCUT2D eigenvalue weighted by molar-refractivity contribution is 7.92. The van der Waals surface area contributed by atoms with Crippen LogP contribution in [-0.4, -0.2) is 34.1 Å². The minimum atomic E-state index is -4.20. The van der Waals surface area contributed by atoms with E-state index in [-0.39, 0.29) is 16.6 Å². The minimum absolute atomic E-state index is 0.0677. The number of nitrogens with zero attached hydrogens (tertiary/aromatic N) is 1. The predicted molar refractivity (Wildman–Crippen MR) is 136 cm³/mol. The molecule has 1 heterocycles. The average Bonchev–Trinajstić information content (AvgIpc) is 2.85. The highest BCUT2D eigenvalue weighted by Crippen LogP contribution is 2.34. The van der Waals surface area contributed by atoms with Gasteiger partial charge in [-0.2, -0.15) is 0 Å². The zero-order chi connectivity index (χ0) is 26.0. The van der Waals surface area contributed by atoms with E-state index < -0.39 is 28.3 Å². The molecule has 1 aliphatic rings. The Balaban J connectivity index is 1.63. The number of amides is 1. The molecule has 3 aromatic rings. The van der Waals surface area contributed by atoms with Crippen molar-refractivity contribution in [3.05, 3.63) is 82.7 Å². The van der Waals surface area contributed by atoms with Gasteiger partial charge in [-0.15, -0.1) is 0 Å². The molecule has 9 heteroatoms. The first-order chi connectivity index (χ1) is 17.1. The molecule has 0 fully saturated rings. The van der Waals surface area contributed by atoms with Gasteiger partial charge in [0.15, 0.2) is 11.5 Å². The summed E-state index contributed by atoms with van der Waals surface area (Å²) < 4.78 is 53.0. The van der Waals surface area contributed by atoms with Crippen molar-refractivity contribution in [2.24, 2.45) is 0 Å². The Hall–Kier alpha value is -3.59. The Kier molecular flexibility index (Phi) is 7.21. The Labute approximate surface area is 210 Å². The third-order valence-corrected chi connectivity index (χ3v) is 8.00. The summed E-state index contributed by atoms with van der Waals surface area (Å²) in [5, 5.41) is 2.90. The summed E-state index contributed by atoms with van der Waals surface area (Å²) in [4.78, 5) is 13.0. The molecule has 0 aromatic heterocycles. The van der Waals surface area contributed by atoms with Crippen LogP contribution in [0.3, 0.4) is 0 Å². The molecule has 1 amide bonds. The molecular weight excluding hydrogens is 483 g/mol. The lowest BCUT2D eigenvalue weighted by Crippen LogP contribution is -2.41. The van der Waals surface area contributed by atoms with Crippen LogP contribution in [0.4, 0.5) is 10.1 Å². The number of carbonyl (C=O) groups excluding carboxylic acids is 1. The van der Waals surface area contributed by atoms with Gasteiger partial charge < -0.3 is 14.8 Å². The van der Waals surface area contributed by atoms with E-state index in [2.05, 4.69) is 11.4 Å². The highest BCUT2D eigenvalue weighted by Gasteiger charge is 2.29. The van der Waals surface area contributed by atoms with E-state index in [9.17, 15) is 17.6 Å². The third-order valence-electron chi connectivity index (χ3n) is 6.23. The number of halogens is 1. The Morgan fingerprint density at radius 3 is 2.28 bits per heavy atom. The molecule has 4 rings (SSSR count). The number of aryl methyl sites for hydroxylation is 3. The Morgan fingerprint density at radius 2 is 1.58 bits per heavy atom. The molecule has 1 atom stereocenters. The van der Waals surface area contributed by atoms with E-state index in [0.29, 0.717) is 24.7 Å². The lowest BCUT2D eigenvalue weighted by Gasteiger charge is -2.26. The van der Waals surface area contributed by atoms with Crippen molar-refractivity contribution in [1.82, 2.24) is 5.32 Å². The molecule has 1 N–H and O–H groups in total. The topological polar surface area (TPSA) is 84.9 Å². The molecular formula is C27H29FN2O5S. The van der Waals surface area contributed by atoms with Gasteiger partial charge in [0, 0.05) is 6.07 Å². The van der Waals surface area contributed by atoms with Gasteiger partial charge >= 0.3 is 0 Å². The minimum Gasteiger partial charge on any atom is -0.486 e. The number of nitrogens with one attached hydrogen (secondary N) is 1. The van der Waals surface area contributed by atoms with Crippen LogP contribution in [0.25, 0.3) is 0 Å². The molecule has 0 saturated heterocycles. The number of fused-ring (bicyclic) bond motifs is 1. The average molecular weight is 513 g/mol. The summed E-state index contributed by atoms with van der Waals surface area (Å²) in [5.74, 6) is -0.252. The number of sulfonamides is 1. The van der Waals surface area contributed by atoms with Crippen molar-refractivity contribution < 1.29 is 27.1 Å². The van der Waals surface area contributed by atoms with Gasteiger partial charge in [-0.3, -0.25) is 9.10 Å². The van der Waals surface area contributed by atoms with Crippen LogP contribution in [0.15, 0.2) is 59.5 Å². The third kappa shape index (κ3) is 5.31. The maximum absolute atomic E-state index is 13.7. The van der Waals surface area contributed by atoms with Gasteiger partial charge in [-0.05, 0) is 86.3 Å². The molecule has 0 radical (unpaired) electrons. The summed E-state index contributed by atoms with van der Waals surface area (Å²) in [5.41, 5.74) is 4.41. The number of hydrogen-bond donors (Lipinski definition) is 1. The van der Waals surface area contributed by atoms with Crippen LogP contribution in [0.1, 0.15) is 35.2 Å². The fourth-order valence-corrected chi connectivity index (χ4v) is 5.62. The van der Waals surface area contributed by atoms with E-state index in [1.54, 1.807) is 0 Å². The SMILES string of the molecule is Cc1cc(C)c([C@H](C)NC(=O)CN(c2ccc(F)cc2)S(=O)(=O)c2ccc3c(c2)OCCO3)cc1C. The predicted octanol–water partition coefficient (Wildman–Crippen LogP) is 4.59. The molecule has 0 saturated carbocycles. The second kappa shape index (κ2) is 10.2. The van der Waals surface area contributed by atoms with Crippen molar-refractivity contribution in [2.75, 3.05) is 24.1 Å². The number of hydrogen-bond acceptors (Lipinski definition) is 5. The standard InChI is InChI=1S/C27H29FN2O5S/c1-17-13-19(3)24(14-18(17)2)20(4)29-27(31)16-30(22-7-5-21(28)6-8-22)36(32,33)23-9-10-25-26(15-23)35-12-11-34-25/h5-10,13-15,20H,11-12,16H2,1-4H3,(H,29,31)/t20-/m0/s1. The Bertz CT molecular complexity index is 1390. The quantitative estimate of drug-likeness (QED) is 0.500. The first kappa shape index (κ1) is 25.5. The molecule has 7 nitrogen and oxygen atoms in total. The van der Waals surface area contributed by atoms with Crippen molar-refractivity contribution in [2.45, 2.75) is 38.6 Å². The second-order valence-electron chi connectivity index (χ2n) is 8.88. The number of rotatable bonds is 7. The maximum Gasteiger partial charge on any atom is 0.264 e. The van der Waals surface area contributed by atoms with Crippen molar-refractivity contribution in [1.29, 1.82) is 0 Å². The van der Waals surface area contributed by atoms with Crippen molar-refractivity contribution >= 4 is 21.6 Å². The van der Waals surface area contributed by atoms with Crippen molar-refractivity contribution in [3.63, 3.8) is 0 Å². The molecule has 36 heavy (non-hydrogen) atoms. The number of ether oxygens (including phenoxy) is 2. The highest BCUT2D eigenvalue weighted by atomic mass is 32.2. The van der Waals surface area contributed by atoms with E-state index in [1.165, 1.54) is 30.3 Å². The first-order valence-electron chi connectivity index (χ1n) is 11.6. The summed E-state index contributed by atoms with van der Waals surface area (Å²) in [6, 6.07) is 13.0. The van der Waals surface area contributed by atoms with Crippen LogP contribution in [0.2, 0.25) is 0 Å². The fourth-order valence-electron chi connectivity index (χ4n) is 4.18. The number of benzene rings is 3. The van der Waals surface area contributed by atoms with Crippen LogP contribution in [-0.2, 0) is 14.8 Å². The van der Waals surface area contributed by atoms with Gasteiger partial charge in [-0.1, -0.05) is 12.1 Å². The first-order valence-corrected chi connectivity index (χ1v) is 13.1. The lowest BCUT2D eigenvalue weighted by atomic mass is 9.96. The van der Waals surface area contributed by atoms with Crippen LogP contribution in [0.5, 0.6) is 11.5 Å². The van der Waals surface area contributed by atoms with E-state index in [1.807, 2.05) is 33.8 Å². The van der Waals surface area contributed by atoms with Gasteiger partial charge in [0.25, 0.3) is 10.0 Å². The largest absolute Gasteiger partial charge is 0.486 e. The van der Waals surface area contributed by atoms with Gasteiger partial charge in [0.2, 0.25) is 5.91 Å². The smallest absolute Gasteiger partial charge is 0.264 e. The second-order valence-corrected chi connectivity index (χ2v) is 10.7. The summed E-state index contributed by atoms with van der Waals surface area (Å²) >= 11 is 0. The normalized spacial score (nSPS) is 13.7. The zero-order valence-electron chi connectivity index (χ0n) is 20.7. The fraction of sp³-hybridized carbons (Fsp3) is 0.296. The zero-order valence-corrected chi connectivity index (χ0v) is 21.5. The van der Waals surface area contributed by atoms with E-state index in [0.717, 1.165) is 38.7 Å². The molecule has 3 aromatic carbocycles. The maximum atomic E-state index is 13.7. The lowest BCUT2D eigenvalue weighted by molar-refractivity contribution is -0.120. The molecule has 0 aliphatic carbocycles. The van der Waals surface area contributed by atoms with Gasteiger partial charge in [0.05, 0.1) is 16.6 Å². The Morgan fingerprint density at radius 1 is 0.944 bits per heavy atom. The molecule has 1 aliphatic heterocycles. The summed E-state index contributed by atoms with van der Waals surface area (Å²) in [6.45, 7) is 8.04. The van der Waals surface area contributed by atoms with Crippen LogP contribution < -0.4 is 19.1 Å². The molecule has 190 valence electrons. The van der Waals surface area contributed by atoms with Gasteiger partial charge in [0.1, 0.15) is 25.6 Å². The number of anilines is 1. The van der Waals surface area contributed by atoms with E-state index in [4.69, 9.17) is 9.47 Å².